The Hall–Kier alpha value is -1.31. The molecule has 2 nitrogen and oxygen atoms in total. The Morgan fingerprint density at radius 2 is 2.42 bits per heavy atom. The fourth-order valence-corrected chi connectivity index (χ4v) is 1.55. The summed E-state index contributed by atoms with van der Waals surface area (Å²) in [5.41, 5.74) is 3.60. The lowest BCUT2D eigenvalue weighted by molar-refractivity contribution is 0.213. The first-order chi connectivity index (χ1) is 5.92. The molecule has 1 aromatic carbocycles. The van der Waals surface area contributed by atoms with Crippen molar-refractivity contribution in [3.05, 3.63) is 35.4 Å². The third-order valence-electron chi connectivity index (χ3n) is 2.09. The quantitative estimate of drug-likeness (QED) is 0.574. The Balaban J connectivity index is 2.43. The predicted octanol–water partition coefficient (Wildman–Crippen LogP) is 1.78. The molecule has 0 fully saturated rings. The summed E-state index contributed by atoms with van der Waals surface area (Å²) in [4.78, 5) is 4.76. The van der Waals surface area contributed by atoms with Gasteiger partial charge in [0.25, 0.3) is 0 Å². The van der Waals surface area contributed by atoms with E-state index in [1.807, 2.05) is 18.2 Å². The molecule has 0 saturated carbocycles. The average Bonchev–Trinajstić information content (AvgIpc) is 2.50. The zero-order valence-electron chi connectivity index (χ0n) is 7.00. The minimum atomic E-state index is 0.987. The first-order valence-electron chi connectivity index (χ1n) is 4.01. The summed E-state index contributed by atoms with van der Waals surface area (Å²) in [6.07, 6.45) is 2.05. The smallest absolute Gasteiger partial charge is 0.106 e. The van der Waals surface area contributed by atoms with Crippen LogP contribution in [0.2, 0.25) is 0 Å². The molecule has 61 valence electrons. The lowest BCUT2D eigenvalue weighted by atomic mass is 10.1. The second-order valence-electron chi connectivity index (χ2n) is 2.80. The van der Waals surface area contributed by atoms with Crippen LogP contribution in [0.4, 0.5) is 0 Å². The van der Waals surface area contributed by atoms with Crippen molar-refractivity contribution in [3.8, 4) is 0 Å². The molecule has 0 bridgehead atoms. The van der Waals surface area contributed by atoms with Crippen molar-refractivity contribution in [2.45, 2.75) is 12.8 Å². The van der Waals surface area contributed by atoms with Crippen molar-refractivity contribution in [1.82, 2.24) is 0 Å². The summed E-state index contributed by atoms with van der Waals surface area (Å²) in [6.45, 7) is 0. The Bertz CT molecular complexity index is 317. The van der Waals surface area contributed by atoms with Gasteiger partial charge in [-0.1, -0.05) is 23.4 Å². The van der Waals surface area contributed by atoms with Crippen LogP contribution in [0.25, 0.3) is 0 Å². The molecule has 1 aliphatic rings. The molecule has 0 heterocycles. The first-order valence-corrected chi connectivity index (χ1v) is 4.01. The van der Waals surface area contributed by atoms with Crippen molar-refractivity contribution < 1.29 is 4.84 Å². The summed E-state index contributed by atoms with van der Waals surface area (Å²) < 4.78 is 0. The molecule has 1 aliphatic carbocycles. The molecule has 0 spiro atoms. The molecular formula is C10H10NO. The molecule has 0 saturated heterocycles. The van der Waals surface area contributed by atoms with Crippen LogP contribution in [0.3, 0.4) is 0 Å². The number of hydrogen-bond donors (Lipinski definition) is 0. The minimum Gasteiger partial charge on any atom is -0.399 e. The van der Waals surface area contributed by atoms with Crippen molar-refractivity contribution in [3.63, 3.8) is 0 Å². The van der Waals surface area contributed by atoms with Crippen molar-refractivity contribution in [1.29, 1.82) is 0 Å². The second-order valence-corrected chi connectivity index (χ2v) is 2.80. The summed E-state index contributed by atoms with van der Waals surface area (Å²) in [7, 11) is 1.58. The van der Waals surface area contributed by atoms with Gasteiger partial charge in [0.1, 0.15) is 7.11 Å². The maximum atomic E-state index is 4.76. The van der Waals surface area contributed by atoms with Crippen LogP contribution in [0, 0.1) is 6.07 Å². The third kappa shape index (κ3) is 1.09. The number of nitrogens with zero attached hydrogens (tertiary/aromatic N) is 1. The van der Waals surface area contributed by atoms with Crippen LogP contribution in [-0.4, -0.2) is 12.8 Å². The average molecular weight is 160 g/mol. The van der Waals surface area contributed by atoms with Crippen LogP contribution >= 0.6 is 0 Å². The van der Waals surface area contributed by atoms with E-state index in [0.29, 0.717) is 0 Å². The van der Waals surface area contributed by atoms with Gasteiger partial charge in [-0.3, -0.25) is 0 Å². The van der Waals surface area contributed by atoms with Gasteiger partial charge < -0.3 is 4.84 Å². The van der Waals surface area contributed by atoms with Gasteiger partial charge in [0.15, 0.2) is 0 Å². The van der Waals surface area contributed by atoms with E-state index >= 15 is 0 Å². The van der Waals surface area contributed by atoms with E-state index in [9.17, 15) is 0 Å². The van der Waals surface area contributed by atoms with Gasteiger partial charge in [-0.05, 0) is 24.5 Å². The molecule has 2 rings (SSSR count). The Labute approximate surface area is 71.8 Å². The van der Waals surface area contributed by atoms with Gasteiger partial charge in [-0.15, -0.1) is 0 Å². The molecule has 0 atom stereocenters. The van der Waals surface area contributed by atoms with Gasteiger partial charge in [0, 0.05) is 5.56 Å². The van der Waals surface area contributed by atoms with Gasteiger partial charge in [-0.25, -0.2) is 0 Å². The summed E-state index contributed by atoms with van der Waals surface area (Å²) in [6, 6.07) is 9.03. The van der Waals surface area contributed by atoms with E-state index in [0.717, 1.165) is 18.6 Å². The summed E-state index contributed by atoms with van der Waals surface area (Å²) in [5.74, 6) is 0. The highest BCUT2D eigenvalue weighted by Crippen LogP contribution is 2.21. The third-order valence-corrected chi connectivity index (χ3v) is 2.09. The van der Waals surface area contributed by atoms with Crippen molar-refractivity contribution in [2.75, 3.05) is 7.11 Å². The van der Waals surface area contributed by atoms with Gasteiger partial charge >= 0.3 is 0 Å². The van der Waals surface area contributed by atoms with E-state index in [1.54, 1.807) is 7.11 Å². The second kappa shape index (κ2) is 2.97. The monoisotopic (exact) mass is 160 g/mol. The topological polar surface area (TPSA) is 21.6 Å². The number of rotatable bonds is 1. The Morgan fingerprint density at radius 3 is 3.25 bits per heavy atom. The lowest BCUT2D eigenvalue weighted by Crippen LogP contribution is -1.94. The molecular weight excluding hydrogens is 150 g/mol. The number of aryl methyl sites for hydroxylation is 1. The highest BCUT2D eigenvalue weighted by molar-refractivity contribution is 6.04. The molecule has 12 heavy (non-hydrogen) atoms. The molecule has 2 heteroatoms. The van der Waals surface area contributed by atoms with Crippen LogP contribution in [-0.2, 0) is 11.3 Å². The number of benzene rings is 1. The van der Waals surface area contributed by atoms with Crippen LogP contribution in [0.1, 0.15) is 17.5 Å². The molecule has 0 aliphatic heterocycles. The minimum absolute atomic E-state index is 0.987. The Morgan fingerprint density at radius 1 is 1.50 bits per heavy atom. The van der Waals surface area contributed by atoms with E-state index in [1.165, 1.54) is 11.1 Å². The highest BCUT2D eigenvalue weighted by Gasteiger charge is 2.16. The molecule has 0 amide bonds. The molecule has 0 N–H and O–H groups in total. The standard InChI is InChI=1S/C10H10NO/c1-12-11-10-7-6-8-4-2-3-5-9(8)10/h3-5H,6-7H2,1H3/b11-10-. The predicted molar refractivity (Wildman–Crippen MR) is 47.1 cm³/mol. The zero-order chi connectivity index (χ0) is 8.39. The number of oxime groups is 1. The van der Waals surface area contributed by atoms with Gasteiger partial charge in [-0.2, -0.15) is 0 Å². The van der Waals surface area contributed by atoms with Crippen molar-refractivity contribution >= 4 is 5.71 Å². The Kier molecular flexibility index (Phi) is 1.82. The zero-order valence-corrected chi connectivity index (χ0v) is 7.00. The fourth-order valence-electron chi connectivity index (χ4n) is 1.55. The highest BCUT2D eigenvalue weighted by atomic mass is 16.6. The molecule has 0 unspecified atom stereocenters. The van der Waals surface area contributed by atoms with Crippen LogP contribution < -0.4 is 0 Å². The van der Waals surface area contributed by atoms with E-state index in [2.05, 4.69) is 11.2 Å². The molecule has 1 aromatic rings. The van der Waals surface area contributed by atoms with Gasteiger partial charge in [0.05, 0.1) is 5.71 Å². The van der Waals surface area contributed by atoms with E-state index in [-0.39, 0.29) is 0 Å². The summed E-state index contributed by atoms with van der Waals surface area (Å²) in [5, 5.41) is 3.97. The largest absolute Gasteiger partial charge is 0.399 e. The maximum absolute atomic E-state index is 4.76. The normalized spacial score (nSPS) is 17.9. The SMILES string of the molecule is CO/N=C1/CCc2c[c]ccc21. The van der Waals surface area contributed by atoms with Crippen LogP contribution in [0.15, 0.2) is 23.4 Å². The first kappa shape index (κ1) is 7.35. The molecule has 0 aromatic heterocycles. The van der Waals surface area contributed by atoms with Gasteiger partial charge in [0.2, 0.25) is 0 Å². The number of fused-ring (bicyclic) bond motifs is 1. The van der Waals surface area contributed by atoms with Crippen LogP contribution in [0.5, 0.6) is 0 Å². The van der Waals surface area contributed by atoms with Crippen molar-refractivity contribution in [2.24, 2.45) is 5.16 Å². The lowest BCUT2D eigenvalue weighted by Gasteiger charge is -1.96. The fraction of sp³-hybridized carbons (Fsp3) is 0.300. The maximum Gasteiger partial charge on any atom is 0.106 e. The summed E-state index contributed by atoms with van der Waals surface area (Å²) >= 11 is 0. The van der Waals surface area contributed by atoms with E-state index < -0.39 is 0 Å². The van der Waals surface area contributed by atoms with E-state index in [4.69, 9.17) is 4.84 Å². The number of hydrogen-bond acceptors (Lipinski definition) is 2. The molecule has 1 radical (unpaired) electrons.